The van der Waals surface area contributed by atoms with Gasteiger partial charge in [-0.25, -0.2) is 0 Å². The van der Waals surface area contributed by atoms with Crippen LogP contribution in [-0.4, -0.2) is 42.3 Å². The van der Waals surface area contributed by atoms with E-state index in [4.69, 9.17) is 18.0 Å². The van der Waals surface area contributed by atoms with E-state index in [-0.39, 0.29) is 23.2 Å². The molecule has 0 aliphatic rings. The third-order valence-corrected chi connectivity index (χ3v) is 2.93. The number of hydrogen-bond donors (Lipinski definition) is 2. The molecule has 0 fully saturated rings. The van der Waals surface area contributed by atoms with Crippen LogP contribution in [0.4, 0.5) is 0 Å². The molecule has 102 valence electrons. The molecule has 1 aromatic carbocycles. The van der Waals surface area contributed by atoms with Gasteiger partial charge in [-0.1, -0.05) is 24.4 Å². The zero-order valence-corrected chi connectivity index (χ0v) is 11.8. The first kappa shape index (κ1) is 15.1. The molecule has 0 radical (unpaired) electrons. The molecule has 1 aromatic rings. The van der Waals surface area contributed by atoms with Crippen molar-refractivity contribution in [3.8, 4) is 0 Å². The van der Waals surface area contributed by atoms with Crippen molar-refractivity contribution in [3.63, 3.8) is 0 Å². The van der Waals surface area contributed by atoms with Gasteiger partial charge in [0.15, 0.2) is 0 Å². The van der Waals surface area contributed by atoms with Crippen LogP contribution in [0.1, 0.15) is 22.3 Å². The molecule has 0 aliphatic carbocycles. The zero-order valence-electron chi connectivity index (χ0n) is 11.0. The molecule has 0 aromatic heterocycles. The van der Waals surface area contributed by atoms with Crippen LogP contribution in [0.5, 0.6) is 0 Å². The van der Waals surface area contributed by atoms with Gasteiger partial charge in [0.1, 0.15) is 4.99 Å². The highest BCUT2D eigenvalue weighted by Gasteiger charge is 2.13. The highest BCUT2D eigenvalue weighted by molar-refractivity contribution is 7.80. The van der Waals surface area contributed by atoms with Gasteiger partial charge < -0.3 is 16.0 Å². The second-order valence-electron chi connectivity index (χ2n) is 4.09. The number of rotatable bonds is 5. The van der Waals surface area contributed by atoms with Crippen LogP contribution in [0.15, 0.2) is 24.3 Å². The Balaban J connectivity index is 2.74. The third-order valence-electron chi connectivity index (χ3n) is 2.69. The molecular formula is C13H17N3O2S. The Labute approximate surface area is 117 Å². The number of amides is 2. The van der Waals surface area contributed by atoms with Crippen molar-refractivity contribution in [2.24, 2.45) is 5.73 Å². The summed E-state index contributed by atoms with van der Waals surface area (Å²) in [5, 5.41) is 2.51. The van der Waals surface area contributed by atoms with Gasteiger partial charge in [-0.15, -0.1) is 0 Å². The topological polar surface area (TPSA) is 75.4 Å². The average molecular weight is 279 g/mol. The number of carbonyl (C=O) groups is 2. The van der Waals surface area contributed by atoms with E-state index >= 15 is 0 Å². The lowest BCUT2D eigenvalue weighted by molar-refractivity contribution is -0.120. The minimum absolute atomic E-state index is 0.100. The van der Waals surface area contributed by atoms with Crippen molar-refractivity contribution in [1.82, 2.24) is 10.2 Å². The summed E-state index contributed by atoms with van der Waals surface area (Å²) < 4.78 is 0. The number of carbonyl (C=O) groups excluding carboxylic acids is 2. The van der Waals surface area contributed by atoms with Crippen molar-refractivity contribution in [2.45, 2.75) is 6.42 Å². The molecule has 0 spiro atoms. The molecule has 0 heterocycles. The van der Waals surface area contributed by atoms with Crippen LogP contribution in [0, 0.1) is 0 Å². The Morgan fingerprint density at radius 3 is 2.58 bits per heavy atom. The molecule has 1 rings (SSSR count). The molecule has 0 bridgehead atoms. The number of nitrogens with two attached hydrogens (primary N) is 1. The number of thiocarbonyl (C=S) groups is 1. The van der Waals surface area contributed by atoms with E-state index in [9.17, 15) is 9.59 Å². The molecule has 19 heavy (non-hydrogen) atoms. The van der Waals surface area contributed by atoms with Gasteiger partial charge in [0.05, 0.1) is 0 Å². The van der Waals surface area contributed by atoms with Crippen LogP contribution in [0.3, 0.4) is 0 Å². The second-order valence-corrected chi connectivity index (χ2v) is 4.53. The lowest BCUT2D eigenvalue weighted by atomic mass is 10.1. The molecule has 5 nitrogen and oxygen atoms in total. The number of nitrogens with zero attached hydrogens (tertiary/aromatic N) is 1. The average Bonchev–Trinajstić information content (AvgIpc) is 2.43. The maximum absolute atomic E-state index is 12.1. The van der Waals surface area contributed by atoms with Gasteiger partial charge in [0.25, 0.3) is 5.91 Å². The Morgan fingerprint density at radius 2 is 2.00 bits per heavy atom. The van der Waals surface area contributed by atoms with E-state index in [2.05, 4.69) is 5.32 Å². The summed E-state index contributed by atoms with van der Waals surface area (Å²) in [5.74, 6) is -0.265. The van der Waals surface area contributed by atoms with E-state index < -0.39 is 0 Å². The molecule has 0 unspecified atom stereocenters. The number of nitrogens with one attached hydrogen (secondary N) is 1. The van der Waals surface area contributed by atoms with Crippen molar-refractivity contribution in [3.05, 3.63) is 35.4 Å². The van der Waals surface area contributed by atoms with Gasteiger partial charge in [-0.3, -0.25) is 9.59 Å². The van der Waals surface area contributed by atoms with Crippen LogP contribution in [0.25, 0.3) is 0 Å². The van der Waals surface area contributed by atoms with Crippen LogP contribution < -0.4 is 11.1 Å². The third kappa shape index (κ3) is 4.33. The first-order valence-corrected chi connectivity index (χ1v) is 6.22. The van der Waals surface area contributed by atoms with Crippen LogP contribution in [0.2, 0.25) is 0 Å². The van der Waals surface area contributed by atoms with E-state index in [0.717, 1.165) is 0 Å². The van der Waals surface area contributed by atoms with Gasteiger partial charge >= 0.3 is 0 Å². The Bertz CT molecular complexity index is 502. The smallest absolute Gasteiger partial charge is 0.253 e. The predicted molar refractivity (Wildman–Crippen MR) is 78.0 cm³/mol. The Morgan fingerprint density at radius 1 is 1.37 bits per heavy atom. The molecular weight excluding hydrogens is 262 g/mol. The van der Waals surface area contributed by atoms with Gasteiger partial charge in [-0.2, -0.15) is 0 Å². The highest BCUT2D eigenvalue weighted by Crippen LogP contribution is 2.08. The number of hydrogen-bond acceptors (Lipinski definition) is 3. The van der Waals surface area contributed by atoms with Crippen molar-refractivity contribution >= 4 is 29.0 Å². The quantitative estimate of drug-likeness (QED) is 0.771. The van der Waals surface area contributed by atoms with Crippen molar-refractivity contribution in [2.75, 3.05) is 20.6 Å². The highest BCUT2D eigenvalue weighted by atomic mass is 32.1. The summed E-state index contributed by atoms with van der Waals surface area (Å²) >= 11 is 4.88. The summed E-state index contributed by atoms with van der Waals surface area (Å²) in [6.07, 6.45) is 0.272. The minimum Gasteiger partial charge on any atom is -0.389 e. The maximum atomic E-state index is 12.1. The monoisotopic (exact) mass is 279 g/mol. The summed E-state index contributed by atoms with van der Waals surface area (Å²) in [6.45, 7) is 0.357. The lowest BCUT2D eigenvalue weighted by Gasteiger charge is -2.17. The fourth-order valence-electron chi connectivity index (χ4n) is 1.52. The summed E-state index contributed by atoms with van der Waals surface area (Å²) in [4.78, 5) is 25.0. The van der Waals surface area contributed by atoms with E-state index in [1.54, 1.807) is 38.4 Å². The molecule has 0 saturated heterocycles. The SMILES string of the molecule is CNC(=O)CCN(C)C(=O)c1cccc(C(N)=S)c1. The maximum Gasteiger partial charge on any atom is 0.253 e. The zero-order chi connectivity index (χ0) is 14.4. The Hall–Kier alpha value is -1.95. The van der Waals surface area contributed by atoms with E-state index in [0.29, 0.717) is 17.7 Å². The molecule has 0 atom stereocenters. The molecule has 6 heteroatoms. The van der Waals surface area contributed by atoms with E-state index in [1.807, 2.05) is 0 Å². The minimum atomic E-state index is -0.165. The Kier molecular flexibility index (Phi) is 5.44. The van der Waals surface area contributed by atoms with Gasteiger partial charge in [0.2, 0.25) is 5.91 Å². The molecule has 3 N–H and O–H groups in total. The van der Waals surface area contributed by atoms with Gasteiger partial charge in [-0.05, 0) is 12.1 Å². The summed E-state index contributed by atoms with van der Waals surface area (Å²) in [7, 11) is 3.22. The lowest BCUT2D eigenvalue weighted by Crippen LogP contribution is -2.31. The summed E-state index contributed by atoms with van der Waals surface area (Å²) in [5.41, 5.74) is 6.69. The first-order chi connectivity index (χ1) is 8.95. The fourth-order valence-corrected chi connectivity index (χ4v) is 1.65. The van der Waals surface area contributed by atoms with Crippen LogP contribution in [-0.2, 0) is 4.79 Å². The summed E-state index contributed by atoms with van der Waals surface area (Å²) in [6, 6.07) is 6.83. The first-order valence-electron chi connectivity index (χ1n) is 5.81. The van der Waals surface area contributed by atoms with Gasteiger partial charge in [0, 0.05) is 38.2 Å². The molecule has 0 aliphatic heterocycles. The van der Waals surface area contributed by atoms with E-state index in [1.165, 1.54) is 4.90 Å². The molecule has 0 saturated carbocycles. The van der Waals surface area contributed by atoms with Crippen molar-refractivity contribution < 1.29 is 9.59 Å². The second kappa shape index (κ2) is 6.84. The normalized spacial score (nSPS) is 9.79. The van der Waals surface area contributed by atoms with Crippen molar-refractivity contribution in [1.29, 1.82) is 0 Å². The number of benzene rings is 1. The molecule has 2 amide bonds. The predicted octanol–water partition coefficient (Wildman–Crippen LogP) is 0.529. The standard InChI is InChI=1S/C13H17N3O2S/c1-15-11(17)6-7-16(2)13(18)10-5-3-4-9(8-10)12(14)19/h3-5,8H,6-7H2,1-2H3,(H2,14,19)(H,15,17). The fraction of sp³-hybridized carbons (Fsp3) is 0.308. The largest absolute Gasteiger partial charge is 0.389 e. The van der Waals surface area contributed by atoms with Crippen LogP contribution >= 0.6 is 12.2 Å².